The Balaban J connectivity index is 2.40. The number of nitrogens with two attached hydrogens (primary N) is 1. The van der Waals surface area contributed by atoms with Gasteiger partial charge >= 0.3 is 0 Å². The molecule has 0 aliphatic heterocycles. The van der Waals surface area contributed by atoms with Gasteiger partial charge in [0.15, 0.2) is 5.16 Å². The number of hydrogen-bond acceptors (Lipinski definition) is 4. The molecule has 5 nitrogen and oxygen atoms in total. The molecule has 0 aliphatic carbocycles. The second-order valence-electron chi connectivity index (χ2n) is 4.12. The highest BCUT2D eigenvalue weighted by molar-refractivity contribution is 7.99. The minimum Gasteiger partial charge on any atom is -0.387 e. The molecular weight excluding hydrogens is 210 g/mol. The number of nitrogens with zero attached hydrogens (tertiary/aromatic N) is 3. The Kier molecular flexibility index (Phi) is 3.73. The molecule has 1 aromatic heterocycles. The van der Waals surface area contributed by atoms with Crippen molar-refractivity contribution in [2.45, 2.75) is 25.4 Å². The highest BCUT2D eigenvalue weighted by Crippen LogP contribution is 2.24. The van der Waals surface area contributed by atoms with Crippen molar-refractivity contribution < 1.29 is 0 Å². The normalized spacial score (nSPS) is 11.7. The number of thioether (sulfide) groups is 1. The van der Waals surface area contributed by atoms with Gasteiger partial charge in [-0.05, 0) is 6.42 Å². The molecule has 1 rings (SSSR count). The summed E-state index contributed by atoms with van der Waals surface area (Å²) in [5, 5.41) is 16.1. The monoisotopic (exact) mass is 227 g/mol. The van der Waals surface area contributed by atoms with Gasteiger partial charge < -0.3 is 10.3 Å². The zero-order valence-corrected chi connectivity index (χ0v) is 10.1. The summed E-state index contributed by atoms with van der Waals surface area (Å²) in [5.41, 5.74) is 5.27. The molecule has 1 aromatic rings. The van der Waals surface area contributed by atoms with Crippen LogP contribution in [-0.2, 0) is 7.05 Å². The van der Waals surface area contributed by atoms with Gasteiger partial charge in [0, 0.05) is 18.2 Å². The number of amidine groups is 1. The molecule has 0 radical (unpaired) electrons. The highest BCUT2D eigenvalue weighted by atomic mass is 32.2. The van der Waals surface area contributed by atoms with E-state index >= 15 is 0 Å². The van der Waals surface area contributed by atoms with E-state index in [-0.39, 0.29) is 11.3 Å². The lowest BCUT2D eigenvalue weighted by molar-refractivity contribution is 0.499. The molecule has 6 heteroatoms. The largest absolute Gasteiger partial charge is 0.387 e. The second kappa shape index (κ2) is 4.65. The first-order valence-corrected chi connectivity index (χ1v) is 5.73. The average molecular weight is 227 g/mol. The Morgan fingerprint density at radius 2 is 2.33 bits per heavy atom. The maximum atomic E-state index is 7.43. The molecule has 0 fully saturated rings. The standard InChI is InChI=1S/C9H17N5S/c1-9(2,7(10)11)4-5-15-8-13-12-6-14(8)3/h6H,4-5H2,1-3H3,(H3,10,11). The van der Waals surface area contributed by atoms with E-state index in [0.29, 0.717) is 0 Å². The first-order valence-electron chi connectivity index (χ1n) is 4.75. The van der Waals surface area contributed by atoms with Gasteiger partial charge in [-0.2, -0.15) is 0 Å². The van der Waals surface area contributed by atoms with E-state index in [1.54, 1.807) is 18.1 Å². The summed E-state index contributed by atoms with van der Waals surface area (Å²) in [6, 6.07) is 0. The fraction of sp³-hybridized carbons (Fsp3) is 0.667. The quantitative estimate of drug-likeness (QED) is 0.451. The van der Waals surface area contributed by atoms with E-state index < -0.39 is 0 Å². The smallest absolute Gasteiger partial charge is 0.190 e. The van der Waals surface area contributed by atoms with Crippen LogP contribution >= 0.6 is 11.8 Å². The first kappa shape index (κ1) is 12.0. The van der Waals surface area contributed by atoms with Crippen molar-refractivity contribution in [1.82, 2.24) is 14.8 Å². The zero-order valence-electron chi connectivity index (χ0n) is 9.32. The maximum Gasteiger partial charge on any atom is 0.190 e. The molecule has 0 aromatic carbocycles. The fourth-order valence-electron chi connectivity index (χ4n) is 0.935. The van der Waals surface area contributed by atoms with Crippen LogP contribution in [0.5, 0.6) is 0 Å². The van der Waals surface area contributed by atoms with E-state index in [2.05, 4.69) is 10.2 Å². The molecule has 3 N–H and O–H groups in total. The molecule has 0 amide bonds. The van der Waals surface area contributed by atoms with Crippen LogP contribution in [0.25, 0.3) is 0 Å². The van der Waals surface area contributed by atoms with Crippen LogP contribution in [0.1, 0.15) is 20.3 Å². The third-order valence-electron chi connectivity index (χ3n) is 2.36. The SMILES string of the molecule is Cn1cnnc1SCCC(C)(C)C(=N)N. The Morgan fingerprint density at radius 3 is 2.80 bits per heavy atom. The molecule has 0 aliphatic rings. The highest BCUT2D eigenvalue weighted by Gasteiger charge is 2.21. The lowest BCUT2D eigenvalue weighted by Crippen LogP contribution is -2.31. The van der Waals surface area contributed by atoms with Crippen LogP contribution in [0.4, 0.5) is 0 Å². The van der Waals surface area contributed by atoms with E-state index in [9.17, 15) is 0 Å². The molecule has 0 atom stereocenters. The summed E-state index contributed by atoms with van der Waals surface area (Å²) in [7, 11) is 1.92. The van der Waals surface area contributed by atoms with Crippen molar-refractivity contribution in [3.8, 4) is 0 Å². The van der Waals surface area contributed by atoms with E-state index in [1.165, 1.54) is 0 Å². The average Bonchev–Trinajstić information content (AvgIpc) is 2.51. The number of aryl methyl sites for hydroxylation is 1. The van der Waals surface area contributed by atoms with Crippen LogP contribution in [0, 0.1) is 10.8 Å². The molecule has 0 saturated carbocycles. The summed E-state index contributed by atoms with van der Waals surface area (Å²) in [6.07, 6.45) is 2.54. The molecule has 0 bridgehead atoms. The van der Waals surface area contributed by atoms with Gasteiger partial charge in [-0.3, -0.25) is 5.41 Å². The Labute approximate surface area is 94.0 Å². The van der Waals surface area contributed by atoms with Crippen molar-refractivity contribution in [3.05, 3.63) is 6.33 Å². The topological polar surface area (TPSA) is 80.6 Å². The number of rotatable bonds is 5. The predicted octanol–water partition coefficient (Wildman–Crippen LogP) is 1.26. The van der Waals surface area contributed by atoms with Crippen LogP contribution in [0.3, 0.4) is 0 Å². The third-order valence-corrected chi connectivity index (χ3v) is 3.39. The van der Waals surface area contributed by atoms with Gasteiger partial charge in [-0.25, -0.2) is 0 Å². The van der Waals surface area contributed by atoms with Crippen molar-refractivity contribution in [3.63, 3.8) is 0 Å². The van der Waals surface area contributed by atoms with Crippen molar-refractivity contribution >= 4 is 17.6 Å². The maximum absolute atomic E-state index is 7.43. The number of nitrogens with one attached hydrogen (secondary N) is 1. The zero-order chi connectivity index (χ0) is 11.5. The van der Waals surface area contributed by atoms with Gasteiger partial charge in [0.2, 0.25) is 0 Å². The number of hydrogen-bond donors (Lipinski definition) is 2. The molecule has 15 heavy (non-hydrogen) atoms. The van der Waals surface area contributed by atoms with Crippen molar-refractivity contribution in [2.24, 2.45) is 18.2 Å². The summed E-state index contributed by atoms with van der Waals surface area (Å²) in [6.45, 7) is 3.96. The molecule has 1 heterocycles. The van der Waals surface area contributed by atoms with Gasteiger partial charge in [-0.1, -0.05) is 25.6 Å². The predicted molar refractivity (Wildman–Crippen MR) is 62.0 cm³/mol. The van der Waals surface area contributed by atoms with Crippen LogP contribution in [0.2, 0.25) is 0 Å². The summed E-state index contributed by atoms with van der Waals surface area (Å²) in [4.78, 5) is 0. The fourth-order valence-corrected chi connectivity index (χ4v) is 2.09. The van der Waals surface area contributed by atoms with Gasteiger partial charge in [0.25, 0.3) is 0 Å². The van der Waals surface area contributed by atoms with Crippen molar-refractivity contribution in [2.75, 3.05) is 5.75 Å². The summed E-state index contributed by atoms with van der Waals surface area (Å²) in [5.74, 6) is 1.13. The Hall–Kier alpha value is -1.04. The van der Waals surface area contributed by atoms with E-state index in [1.807, 2.05) is 25.5 Å². The summed E-state index contributed by atoms with van der Waals surface area (Å²) >= 11 is 1.64. The molecule has 0 spiro atoms. The molecular formula is C9H17N5S. The van der Waals surface area contributed by atoms with E-state index in [0.717, 1.165) is 17.3 Å². The molecule has 84 valence electrons. The van der Waals surface area contributed by atoms with Crippen molar-refractivity contribution in [1.29, 1.82) is 5.41 Å². The van der Waals surface area contributed by atoms with Crippen LogP contribution < -0.4 is 5.73 Å². The Bertz CT molecular complexity index is 344. The van der Waals surface area contributed by atoms with Gasteiger partial charge in [-0.15, -0.1) is 10.2 Å². The first-order chi connectivity index (χ1) is 6.93. The summed E-state index contributed by atoms with van der Waals surface area (Å²) < 4.78 is 1.88. The third kappa shape index (κ3) is 3.23. The Morgan fingerprint density at radius 1 is 1.67 bits per heavy atom. The lowest BCUT2D eigenvalue weighted by Gasteiger charge is -2.22. The number of aromatic nitrogens is 3. The molecule has 0 unspecified atom stereocenters. The minimum absolute atomic E-state index is 0.231. The minimum atomic E-state index is -0.231. The van der Waals surface area contributed by atoms with Gasteiger partial charge in [0.05, 0.1) is 5.84 Å². The van der Waals surface area contributed by atoms with E-state index in [4.69, 9.17) is 11.1 Å². The van der Waals surface area contributed by atoms with Crippen LogP contribution in [0.15, 0.2) is 11.5 Å². The lowest BCUT2D eigenvalue weighted by atomic mass is 9.89. The molecule has 0 saturated heterocycles. The van der Waals surface area contributed by atoms with Crippen LogP contribution in [-0.4, -0.2) is 26.4 Å². The second-order valence-corrected chi connectivity index (χ2v) is 5.18. The van der Waals surface area contributed by atoms with Gasteiger partial charge in [0.1, 0.15) is 6.33 Å².